The van der Waals surface area contributed by atoms with Gasteiger partial charge in [0.25, 0.3) is 0 Å². The molecule has 0 bridgehead atoms. The van der Waals surface area contributed by atoms with Crippen molar-refractivity contribution in [2.24, 2.45) is 0 Å². The molecule has 0 fully saturated rings. The highest BCUT2D eigenvalue weighted by molar-refractivity contribution is 9.10. The Morgan fingerprint density at radius 3 is 2.53 bits per heavy atom. The molecule has 2 rings (SSSR count). The maximum atomic E-state index is 13.4. The first-order valence-electron chi connectivity index (χ1n) is 4.97. The molecule has 0 N–H and O–H groups in total. The van der Waals surface area contributed by atoms with Crippen molar-refractivity contribution in [2.45, 2.75) is 6.61 Å². The van der Waals surface area contributed by atoms with E-state index in [1.165, 1.54) is 6.07 Å². The van der Waals surface area contributed by atoms with Crippen LogP contribution in [-0.4, -0.2) is 0 Å². The van der Waals surface area contributed by atoms with E-state index in [9.17, 15) is 4.39 Å². The SMILES string of the molecule is Fc1ccc(Br)cc1OCc1ccc(Cl)cc1. The molecule has 2 aromatic carbocycles. The van der Waals surface area contributed by atoms with Crippen LogP contribution in [0.3, 0.4) is 0 Å². The average Bonchev–Trinajstić information content (AvgIpc) is 2.32. The zero-order chi connectivity index (χ0) is 12.3. The van der Waals surface area contributed by atoms with Crippen LogP contribution in [0.5, 0.6) is 5.75 Å². The van der Waals surface area contributed by atoms with Gasteiger partial charge in [0, 0.05) is 9.50 Å². The van der Waals surface area contributed by atoms with E-state index in [1.54, 1.807) is 24.3 Å². The normalized spacial score (nSPS) is 10.3. The van der Waals surface area contributed by atoms with Crippen LogP contribution in [0.4, 0.5) is 4.39 Å². The fourth-order valence-electron chi connectivity index (χ4n) is 1.33. The van der Waals surface area contributed by atoms with Crippen LogP contribution in [0, 0.1) is 5.82 Å². The number of hydrogen-bond acceptors (Lipinski definition) is 1. The highest BCUT2D eigenvalue weighted by Crippen LogP contribution is 2.23. The van der Waals surface area contributed by atoms with Crippen molar-refractivity contribution in [1.82, 2.24) is 0 Å². The number of benzene rings is 2. The maximum Gasteiger partial charge on any atom is 0.165 e. The molecule has 0 saturated heterocycles. The van der Waals surface area contributed by atoms with Gasteiger partial charge >= 0.3 is 0 Å². The van der Waals surface area contributed by atoms with E-state index in [-0.39, 0.29) is 11.6 Å². The Kier molecular flexibility index (Phi) is 4.02. The standard InChI is InChI=1S/C13H9BrClFO/c14-10-3-6-12(16)13(7-10)17-8-9-1-4-11(15)5-2-9/h1-7H,8H2. The third-order valence-corrected chi connectivity index (χ3v) is 2.95. The highest BCUT2D eigenvalue weighted by atomic mass is 79.9. The minimum Gasteiger partial charge on any atom is -0.486 e. The molecule has 0 saturated carbocycles. The molecule has 0 amide bonds. The highest BCUT2D eigenvalue weighted by Gasteiger charge is 2.04. The van der Waals surface area contributed by atoms with Crippen molar-refractivity contribution in [2.75, 3.05) is 0 Å². The van der Waals surface area contributed by atoms with Gasteiger partial charge in [-0.2, -0.15) is 0 Å². The summed E-state index contributed by atoms with van der Waals surface area (Å²) in [4.78, 5) is 0. The molecule has 0 spiro atoms. The molecule has 88 valence electrons. The second-order valence-corrected chi connectivity index (χ2v) is 4.84. The van der Waals surface area contributed by atoms with Gasteiger partial charge in [-0.05, 0) is 35.9 Å². The molecular formula is C13H9BrClFO. The summed E-state index contributed by atoms with van der Waals surface area (Å²) in [5.74, 6) is -0.142. The van der Waals surface area contributed by atoms with E-state index >= 15 is 0 Å². The summed E-state index contributed by atoms with van der Waals surface area (Å²) < 4.78 is 19.5. The lowest BCUT2D eigenvalue weighted by Gasteiger charge is -2.07. The Hall–Kier alpha value is -1.06. The lowest BCUT2D eigenvalue weighted by Crippen LogP contribution is -1.97. The van der Waals surface area contributed by atoms with Crippen molar-refractivity contribution in [3.63, 3.8) is 0 Å². The van der Waals surface area contributed by atoms with Crippen molar-refractivity contribution >= 4 is 27.5 Å². The molecule has 0 unspecified atom stereocenters. The van der Waals surface area contributed by atoms with Gasteiger partial charge in [0.15, 0.2) is 11.6 Å². The Bertz CT molecular complexity index is 513. The van der Waals surface area contributed by atoms with Gasteiger partial charge in [0.2, 0.25) is 0 Å². The molecule has 0 radical (unpaired) electrons. The van der Waals surface area contributed by atoms with E-state index < -0.39 is 0 Å². The zero-order valence-corrected chi connectivity index (χ0v) is 11.1. The minimum atomic E-state index is -0.373. The van der Waals surface area contributed by atoms with Gasteiger partial charge < -0.3 is 4.74 Å². The Morgan fingerprint density at radius 1 is 1.12 bits per heavy atom. The largest absolute Gasteiger partial charge is 0.486 e. The number of ether oxygens (including phenoxy) is 1. The molecular weight excluding hydrogens is 306 g/mol. The molecule has 17 heavy (non-hydrogen) atoms. The number of halogens is 3. The smallest absolute Gasteiger partial charge is 0.165 e. The number of rotatable bonds is 3. The van der Waals surface area contributed by atoms with Gasteiger partial charge in [0.05, 0.1) is 0 Å². The molecule has 0 aliphatic carbocycles. The third-order valence-electron chi connectivity index (χ3n) is 2.20. The van der Waals surface area contributed by atoms with Gasteiger partial charge in [-0.3, -0.25) is 0 Å². The van der Waals surface area contributed by atoms with Crippen LogP contribution in [-0.2, 0) is 6.61 Å². The average molecular weight is 316 g/mol. The van der Waals surface area contributed by atoms with Crippen LogP contribution in [0.1, 0.15) is 5.56 Å². The molecule has 0 heterocycles. The fraction of sp³-hybridized carbons (Fsp3) is 0.0769. The summed E-state index contributed by atoms with van der Waals surface area (Å²) >= 11 is 9.04. The molecule has 2 aromatic rings. The molecule has 4 heteroatoms. The molecule has 1 nitrogen and oxygen atoms in total. The van der Waals surface area contributed by atoms with Crippen molar-refractivity contribution in [3.8, 4) is 5.75 Å². The van der Waals surface area contributed by atoms with Crippen LogP contribution in [0.2, 0.25) is 5.02 Å². The molecule has 0 aromatic heterocycles. The van der Waals surface area contributed by atoms with E-state index in [2.05, 4.69) is 15.9 Å². The second-order valence-electron chi connectivity index (χ2n) is 3.49. The number of hydrogen-bond donors (Lipinski definition) is 0. The van der Waals surface area contributed by atoms with Crippen LogP contribution >= 0.6 is 27.5 Å². The molecule has 0 aliphatic heterocycles. The van der Waals surface area contributed by atoms with Gasteiger partial charge in [0.1, 0.15) is 6.61 Å². The lowest BCUT2D eigenvalue weighted by molar-refractivity contribution is 0.290. The summed E-state index contributed by atoms with van der Waals surface area (Å²) in [6.45, 7) is 0.310. The summed E-state index contributed by atoms with van der Waals surface area (Å²) in [5.41, 5.74) is 0.939. The topological polar surface area (TPSA) is 9.23 Å². The monoisotopic (exact) mass is 314 g/mol. The van der Waals surface area contributed by atoms with E-state index in [0.717, 1.165) is 10.0 Å². The van der Waals surface area contributed by atoms with Crippen LogP contribution < -0.4 is 4.74 Å². The Morgan fingerprint density at radius 2 is 1.82 bits per heavy atom. The van der Waals surface area contributed by atoms with Crippen LogP contribution in [0.25, 0.3) is 0 Å². The van der Waals surface area contributed by atoms with Gasteiger partial charge in [-0.15, -0.1) is 0 Å². The Balaban J connectivity index is 2.07. The molecule has 0 aliphatic rings. The van der Waals surface area contributed by atoms with Crippen molar-refractivity contribution in [1.29, 1.82) is 0 Å². The maximum absolute atomic E-state index is 13.4. The Labute approximate surface area is 112 Å². The first-order chi connectivity index (χ1) is 8.15. The van der Waals surface area contributed by atoms with E-state index in [1.807, 2.05) is 12.1 Å². The first kappa shape index (κ1) is 12.4. The van der Waals surface area contributed by atoms with Crippen molar-refractivity contribution < 1.29 is 9.13 Å². The summed E-state index contributed by atoms with van der Waals surface area (Å²) in [6.07, 6.45) is 0. The molecule has 0 atom stereocenters. The lowest BCUT2D eigenvalue weighted by atomic mass is 10.2. The second kappa shape index (κ2) is 5.52. The quantitative estimate of drug-likeness (QED) is 0.789. The van der Waals surface area contributed by atoms with Gasteiger partial charge in [-0.25, -0.2) is 4.39 Å². The summed E-state index contributed by atoms with van der Waals surface area (Å²) in [5, 5.41) is 0.669. The predicted octanol–water partition coefficient (Wildman–Crippen LogP) is 4.82. The first-order valence-corrected chi connectivity index (χ1v) is 6.14. The fourth-order valence-corrected chi connectivity index (χ4v) is 1.80. The van der Waals surface area contributed by atoms with Crippen molar-refractivity contribution in [3.05, 3.63) is 63.3 Å². The van der Waals surface area contributed by atoms with Gasteiger partial charge in [-0.1, -0.05) is 39.7 Å². The summed E-state index contributed by atoms with van der Waals surface area (Å²) in [6, 6.07) is 11.8. The van der Waals surface area contributed by atoms with E-state index in [0.29, 0.717) is 11.6 Å². The predicted molar refractivity (Wildman–Crippen MR) is 69.9 cm³/mol. The minimum absolute atomic E-state index is 0.231. The zero-order valence-electron chi connectivity index (χ0n) is 8.79. The van der Waals surface area contributed by atoms with Crippen LogP contribution in [0.15, 0.2) is 46.9 Å². The summed E-state index contributed by atoms with van der Waals surface area (Å²) in [7, 11) is 0. The van der Waals surface area contributed by atoms with E-state index in [4.69, 9.17) is 16.3 Å². The third kappa shape index (κ3) is 3.45.